The van der Waals surface area contributed by atoms with Crippen LogP contribution in [-0.2, 0) is 16.6 Å². The lowest BCUT2D eigenvalue weighted by atomic mass is 10.4. The summed E-state index contributed by atoms with van der Waals surface area (Å²) in [4.78, 5) is 16.5. The van der Waals surface area contributed by atoms with Gasteiger partial charge in [-0.2, -0.15) is 9.40 Å². The molecule has 0 saturated carbocycles. The highest BCUT2D eigenvalue weighted by atomic mass is 32.2. The molecule has 0 aliphatic carbocycles. The van der Waals surface area contributed by atoms with Crippen molar-refractivity contribution < 1.29 is 13.2 Å². The summed E-state index contributed by atoms with van der Waals surface area (Å²) in [5.74, 6) is -0.346. The molecule has 10 heteroatoms. The van der Waals surface area contributed by atoms with Crippen molar-refractivity contribution in [2.45, 2.75) is 30.7 Å². The van der Waals surface area contributed by atoms with Gasteiger partial charge in [0.15, 0.2) is 0 Å². The highest BCUT2D eigenvalue weighted by molar-refractivity contribution is 7.89. The van der Waals surface area contributed by atoms with Crippen LogP contribution in [0.25, 0.3) is 0 Å². The lowest BCUT2D eigenvalue weighted by Gasteiger charge is -2.15. The molecule has 8 nitrogen and oxygen atoms in total. The second-order valence-electron chi connectivity index (χ2n) is 5.49. The number of nitrogens with zero attached hydrogens (tertiary/aromatic N) is 4. The fourth-order valence-electron chi connectivity index (χ4n) is 2.61. The summed E-state index contributed by atoms with van der Waals surface area (Å²) in [6.45, 7) is 2.14. The van der Waals surface area contributed by atoms with Crippen LogP contribution in [-0.4, -0.2) is 53.0 Å². The van der Waals surface area contributed by atoms with Crippen LogP contribution in [0.1, 0.15) is 28.9 Å². The van der Waals surface area contributed by atoms with Crippen LogP contribution in [0, 0.1) is 0 Å². The predicted octanol–water partition coefficient (Wildman–Crippen LogP) is 0.944. The summed E-state index contributed by atoms with van der Waals surface area (Å²) >= 11 is 1.15. The second-order valence-corrected chi connectivity index (χ2v) is 8.32. The SMILES string of the molecule is O=C(NCCCn1cncn1)c1sccc1S(=O)(=O)N1CCCC1. The number of aromatic nitrogens is 3. The van der Waals surface area contributed by atoms with Crippen LogP contribution in [0.5, 0.6) is 0 Å². The Hall–Kier alpha value is -1.78. The van der Waals surface area contributed by atoms with E-state index in [1.165, 1.54) is 16.7 Å². The Balaban J connectivity index is 1.60. The number of aryl methyl sites for hydroxylation is 1. The Morgan fingerprint density at radius 3 is 2.83 bits per heavy atom. The van der Waals surface area contributed by atoms with Gasteiger partial charge >= 0.3 is 0 Å². The highest BCUT2D eigenvalue weighted by Crippen LogP contribution is 2.27. The molecule has 0 bridgehead atoms. The third-order valence-electron chi connectivity index (χ3n) is 3.83. The number of nitrogens with one attached hydrogen (secondary N) is 1. The number of thiophene rings is 1. The number of hydrogen-bond acceptors (Lipinski definition) is 6. The summed E-state index contributed by atoms with van der Waals surface area (Å²) in [6, 6.07) is 1.52. The van der Waals surface area contributed by atoms with Crippen molar-refractivity contribution in [1.82, 2.24) is 24.4 Å². The maximum atomic E-state index is 12.6. The maximum absolute atomic E-state index is 12.6. The Morgan fingerprint density at radius 2 is 2.12 bits per heavy atom. The molecule has 2 aromatic rings. The molecule has 3 rings (SSSR count). The zero-order chi connectivity index (χ0) is 17.0. The first-order valence-electron chi connectivity index (χ1n) is 7.77. The molecule has 3 heterocycles. The van der Waals surface area contributed by atoms with Crippen LogP contribution < -0.4 is 5.32 Å². The minimum atomic E-state index is -3.58. The molecule has 0 unspecified atom stereocenters. The van der Waals surface area contributed by atoms with E-state index in [9.17, 15) is 13.2 Å². The molecule has 130 valence electrons. The van der Waals surface area contributed by atoms with Gasteiger partial charge < -0.3 is 5.32 Å². The van der Waals surface area contributed by atoms with Gasteiger partial charge in [-0.25, -0.2) is 13.4 Å². The molecule has 0 spiro atoms. The highest BCUT2D eigenvalue weighted by Gasteiger charge is 2.31. The number of hydrogen-bond donors (Lipinski definition) is 1. The molecule has 1 saturated heterocycles. The van der Waals surface area contributed by atoms with Crippen molar-refractivity contribution in [3.63, 3.8) is 0 Å². The molecular formula is C14H19N5O3S2. The standard InChI is InChI=1S/C14H19N5O3S2/c20-14(16-5-3-6-18-11-15-10-17-18)13-12(4-9-23-13)24(21,22)19-7-1-2-8-19/h4,9-11H,1-3,5-8H2,(H,16,20). The molecule has 1 aliphatic heterocycles. The van der Waals surface area contributed by atoms with E-state index in [4.69, 9.17) is 0 Å². The Kier molecular flexibility index (Phi) is 5.27. The van der Waals surface area contributed by atoms with E-state index in [-0.39, 0.29) is 15.7 Å². The van der Waals surface area contributed by atoms with Crippen molar-refractivity contribution in [1.29, 1.82) is 0 Å². The molecule has 0 radical (unpaired) electrons. The smallest absolute Gasteiger partial charge is 0.262 e. The van der Waals surface area contributed by atoms with Gasteiger partial charge in [0.2, 0.25) is 10.0 Å². The van der Waals surface area contributed by atoms with E-state index in [2.05, 4.69) is 15.4 Å². The first kappa shape index (κ1) is 17.1. The second kappa shape index (κ2) is 7.41. The summed E-state index contributed by atoms with van der Waals surface area (Å²) < 4.78 is 28.4. The van der Waals surface area contributed by atoms with Crippen LogP contribution in [0.3, 0.4) is 0 Å². The number of carbonyl (C=O) groups excluding carboxylic acids is 1. The number of carbonyl (C=O) groups is 1. The van der Waals surface area contributed by atoms with E-state index >= 15 is 0 Å². The summed E-state index contributed by atoms with van der Waals surface area (Å²) in [5.41, 5.74) is 0. The van der Waals surface area contributed by atoms with Crippen molar-refractivity contribution in [3.8, 4) is 0 Å². The van der Waals surface area contributed by atoms with E-state index in [0.29, 0.717) is 32.6 Å². The maximum Gasteiger partial charge on any atom is 0.262 e. The van der Waals surface area contributed by atoms with Crippen LogP contribution in [0.4, 0.5) is 0 Å². The first-order valence-corrected chi connectivity index (χ1v) is 10.1. The van der Waals surface area contributed by atoms with Crippen LogP contribution >= 0.6 is 11.3 Å². The Labute approximate surface area is 144 Å². The molecule has 1 aliphatic rings. The average Bonchev–Trinajstić information content (AvgIpc) is 3.33. The number of rotatable bonds is 7. The molecule has 24 heavy (non-hydrogen) atoms. The van der Waals surface area contributed by atoms with Gasteiger partial charge in [-0.05, 0) is 30.7 Å². The van der Waals surface area contributed by atoms with Crippen LogP contribution in [0.15, 0.2) is 29.0 Å². The van der Waals surface area contributed by atoms with Crippen molar-refractivity contribution in [2.24, 2.45) is 0 Å². The Bertz CT molecular complexity index is 779. The van der Waals surface area contributed by atoms with Gasteiger partial charge in [0.05, 0.1) is 0 Å². The monoisotopic (exact) mass is 369 g/mol. The van der Waals surface area contributed by atoms with Crippen LogP contribution in [0.2, 0.25) is 0 Å². The summed E-state index contributed by atoms with van der Waals surface area (Å²) in [6.07, 6.45) is 5.50. The van der Waals surface area contributed by atoms with Gasteiger partial charge in [-0.15, -0.1) is 11.3 Å². The van der Waals surface area contributed by atoms with E-state index in [1.54, 1.807) is 16.4 Å². The molecule has 2 aromatic heterocycles. The van der Waals surface area contributed by atoms with Gasteiger partial charge in [0.1, 0.15) is 22.4 Å². The van der Waals surface area contributed by atoms with Crippen molar-refractivity contribution >= 4 is 27.3 Å². The zero-order valence-corrected chi connectivity index (χ0v) is 14.7. The molecule has 1 amide bonds. The molecule has 1 N–H and O–H groups in total. The van der Waals surface area contributed by atoms with Gasteiger partial charge in [0.25, 0.3) is 5.91 Å². The van der Waals surface area contributed by atoms with E-state index in [1.807, 2.05) is 0 Å². The third-order valence-corrected chi connectivity index (χ3v) is 6.82. The fourth-order valence-corrected chi connectivity index (χ4v) is 5.44. The van der Waals surface area contributed by atoms with E-state index in [0.717, 1.165) is 24.2 Å². The van der Waals surface area contributed by atoms with Gasteiger partial charge in [0, 0.05) is 26.2 Å². The molecule has 1 fully saturated rings. The molecule has 0 atom stereocenters. The largest absolute Gasteiger partial charge is 0.351 e. The average molecular weight is 369 g/mol. The molecular weight excluding hydrogens is 350 g/mol. The topological polar surface area (TPSA) is 97.2 Å². The van der Waals surface area contributed by atoms with E-state index < -0.39 is 10.0 Å². The first-order chi connectivity index (χ1) is 11.6. The lowest BCUT2D eigenvalue weighted by Crippen LogP contribution is -2.31. The summed E-state index contributed by atoms with van der Waals surface area (Å²) in [5, 5.41) is 8.41. The van der Waals surface area contributed by atoms with Gasteiger partial charge in [-0.3, -0.25) is 9.48 Å². The lowest BCUT2D eigenvalue weighted by molar-refractivity contribution is 0.0953. The minimum absolute atomic E-state index is 0.114. The third kappa shape index (κ3) is 3.65. The Morgan fingerprint density at radius 1 is 1.33 bits per heavy atom. The number of amides is 1. The quantitative estimate of drug-likeness (QED) is 0.733. The predicted molar refractivity (Wildman–Crippen MR) is 89.3 cm³/mol. The molecule has 0 aromatic carbocycles. The normalized spacial score (nSPS) is 15.7. The van der Waals surface area contributed by atoms with Crippen molar-refractivity contribution in [2.75, 3.05) is 19.6 Å². The zero-order valence-electron chi connectivity index (χ0n) is 13.1. The van der Waals surface area contributed by atoms with Gasteiger partial charge in [-0.1, -0.05) is 0 Å². The summed E-state index contributed by atoms with van der Waals surface area (Å²) in [7, 11) is -3.58. The number of sulfonamides is 1. The minimum Gasteiger partial charge on any atom is -0.351 e. The fraction of sp³-hybridized carbons (Fsp3) is 0.500. The van der Waals surface area contributed by atoms with Crippen molar-refractivity contribution in [3.05, 3.63) is 29.0 Å².